The van der Waals surface area contributed by atoms with Crippen LogP contribution in [0.2, 0.25) is 0 Å². The summed E-state index contributed by atoms with van der Waals surface area (Å²) < 4.78 is 104. The van der Waals surface area contributed by atoms with Crippen LogP contribution in [0, 0.1) is 38.1 Å². The Kier molecular flexibility index (Phi) is 8.23. The van der Waals surface area contributed by atoms with Gasteiger partial charge in [0, 0.05) is 59.7 Å². The molecule has 0 aliphatic carbocycles. The molecule has 0 spiro atoms. The number of benzene rings is 5. The third-order valence-corrected chi connectivity index (χ3v) is 9.43. The number of nitrogens with zero attached hydrogens (tertiary/aromatic N) is 2. The molecule has 0 fully saturated rings. The van der Waals surface area contributed by atoms with Crippen molar-refractivity contribution in [3.05, 3.63) is 155 Å². The van der Waals surface area contributed by atoms with E-state index >= 15 is 0 Å². The normalized spacial score (nSPS) is 15.9. The van der Waals surface area contributed by atoms with E-state index in [0.29, 0.717) is 52.1 Å². The Balaban J connectivity index is 0.000000262. The maximum Gasteiger partial charge on any atom is 0.128 e. The van der Waals surface area contributed by atoms with Crippen LogP contribution in [0.15, 0.2) is 120 Å². The van der Waals surface area contributed by atoms with E-state index in [0.717, 1.165) is 27.1 Å². The van der Waals surface area contributed by atoms with Crippen molar-refractivity contribution in [3.8, 4) is 33.6 Å². The van der Waals surface area contributed by atoms with Crippen LogP contribution < -0.4 is 0 Å². The van der Waals surface area contributed by atoms with Crippen molar-refractivity contribution in [1.29, 1.82) is 0 Å². The maximum absolute atomic E-state index is 8.90. The molecule has 0 N–H and O–H groups in total. The van der Waals surface area contributed by atoms with E-state index in [1.165, 1.54) is 18.5 Å². The number of rotatable bonds is 7. The molecule has 0 amide bonds. The van der Waals surface area contributed by atoms with Gasteiger partial charge in [0.05, 0.1) is 5.58 Å². The predicted molar refractivity (Wildman–Crippen MR) is 228 cm³/mol. The molecule has 8 rings (SSSR count). The number of hydrogen-bond donors (Lipinski definition) is 0. The van der Waals surface area contributed by atoms with Crippen molar-refractivity contribution in [2.45, 2.75) is 80.3 Å². The predicted octanol–water partition coefficient (Wildman–Crippen LogP) is 14.2. The van der Waals surface area contributed by atoms with Crippen LogP contribution in [0.5, 0.6) is 0 Å². The minimum Gasteiger partial charge on any atom is -0.500 e. The minimum absolute atomic E-state index is 0. The zero-order chi connectivity index (χ0) is 48.2. The second-order valence-electron chi connectivity index (χ2n) is 14.3. The molecule has 0 bridgehead atoms. The maximum atomic E-state index is 8.90. The summed E-state index contributed by atoms with van der Waals surface area (Å²) in [5.41, 5.74) is 4.85. The van der Waals surface area contributed by atoms with Gasteiger partial charge in [-0.2, -0.15) is 0 Å². The van der Waals surface area contributed by atoms with E-state index in [-0.39, 0.29) is 47.9 Å². The number of fused-ring (bicyclic) bond motifs is 5. The van der Waals surface area contributed by atoms with Crippen LogP contribution in [0.4, 0.5) is 0 Å². The summed E-state index contributed by atoms with van der Waals surface area (Å²) >= 11 is 0. The summed E-state index contributed by atoms with van der Waals surface area (Å²) in [4.78, 5) is 8.85. The number of hydrogen-bond acceptors (Lipinski definition) is 3. The Bertz CT molecular complexity index is 3030. The molecule has 0 saturated carbocycles. The summed E-state index contributed by atoms with van der Waals surface area (Å²) in [6.07, 6.45) is 2.36. The first-order chi connectivity index (χ1) is 30.8. The van der Waals surface area contributed by atoms with Crippen molar-refractivity contribution in [3.63, 3.8) is 0 Å². The van der Waals surface area contributed by atoms with E-state index in [1.807, 2.05) is 77.1 Å². The van der Waals surface area contributed by atoms with Crippen LogP contribution in [-0.4, -0.2) is 9.97 Å². The fourth-order valence-electron chi connectivity index (χ4n) is 6.78. The molecule has 0 unspecified atom stereocenters. The van der Waals surface area contributed by atoms with E-state index in [4.69, 9.17) is 20.9 Å². The summed E-state index contributed by atoms with van der Waals surface area (Å²) in [7, 11) is 0. The largest absolute Gasteiger partial charge is 0.500 e. The zero-order valence-corrected chi connectivity index (χ0v) is 33.9. The van der Waals surface area contributed by atoms with E-state index in [2.05, 4.69) is 22.1 Å². The van der Waals surface area contributed by atoms with Gasteiger partial charge in [0.15, 0.2) is 0 Å². The molecule has 4 heteroatoms. The summed E-state index contributed by atoms with van der Waals surface area (Å²) in [5, 5.41) is 3.83. The molecule has 0 aliphatic rings. The van der Waals surface area contributed by atoms with Gasteiger partial charge in [-0.25, -0.2) is 0 Å². The summed E-state index contributed by atoms with van der Waals surface area (Å²) in [5.74, 6) is -0.954. The SMILES string of the molecule is [2H]C([2H])([2H])c1c[c-]c(-c2ccc(C([2H])([2H])C(C)(C)C)cn2)cc1.[2H]C([2H])([2H])c1cnc(-c2[c-]ccc3c2oc2c4ccccc4ccc32)cc1-c1ccc(C([2H])(CC)CC)cc1C([2H])([2H])[2H].[Ir]. The molecule has 0 aliphatic heterocycles. The van der Waals surface area contributed by atoms with Gasteiger partial charge in [-0.1, -0.05) is 125 Å². The fraction of sp³-hybridized carbons (Fsp3) is 0.255. The number of pyridine rings is 2. The third-order valence-electron chi connectivity index (χ3n) is 9.43. The van der Waals surface area contributed by atoms with Gasteiger partial charge in [0.1, 0.15) is 5.58 Å². The molecule has 55 heavy (non-hydrogen) atoms. The van der Waals surface area contributed by atoms with Gasteiger partial charge >= 0.3 is 0 Å². The average Bonchev–Trinajstić information content (AvgIpc) is 3.67. The van der Waals surface area contributed by atoms with E-state index in [9.17, 15) is 0 Å². The topological polar surface area (TPSA) is 38.9 Å². The smallest absolute Gasteiger partial charge is 0.128 e. The van der Waals surface area contributed by atoms with Gasteiger partial charge < -0.3 is 14.4 Å². The Morgan fingerprint density at radius 2 is 1.55 bits per heavy atom. The van der Waals surface area contributed by atoms with Gasteiger partial charge in [-0.15, -0.1) is 53.6 Å². The van der Waals surface area contributed by atoms with Crippen LogP contribution in [0.1, 0.15) is 97.6 Å². The van der Waals surface area contributed by atoms with Crippen molar-refractivity contribution in [2.75, 3.05) is 0 Å². The Labute approximate surface area is 357 Å². The molecule has 0 atom stereocenters. The molecular formula is C51H50IrN2O-2. The average molecular weight is 911 g/mol. The number of furan rings is 1. The zero-order valence-electron chi connectivity index (χ0n) is 43.5. The first-order valence-electron chi connectivity index (χ1n) is 24.2. The molecule has 8 aromatic rings. The quantitative estimate of drug-likeness (QED) is 0.150. The Morgan fingerprint density at radius 1 is 0.745 bits per heavy atom. The van der Waals surface area contributed by atoms with Crippen molar-refractivity contribution < 1.29 is 41.0 Å². The first-order valence-corrected chi connectivity index (χ1v) is 18.2. The second-order valence-corrected chi connectivity index (χ2v) is 14.3. The van der Waals surface area contributed by atoms with Crippen LogP contribution in [-0.2, 0) is 26.5 Å². The molecule has 3 heterocycles. The number of aromatic nitrogens is 2. The van der Waals surface area contributed by atoms with Crippen LogP contribution in [0.3, 0.4) is 0 Å². The monoisotopic (exact) mass is 911 g/mol. The number of aryl methyl sites for hydroxylation is 3. The molecular weight excluding hydrogens is 849 g/mol. The van der Waals surface area contributed by atoms with Crippen molar-refractivity contribution >= 4 is 32.7 Å². The van der Waals surface area contributed by atoms with Crippen LogP contribution in [0.25, 0.3) is 66.4 Å². The second kappa shape index (κ2) is 16.9. The van der Waals surface area contributed by atoms with Crippen molar-refractivity contribution in [2.24, 2.45) is 5.41 Å². The van der Waals surface area contributed by atoms with E-state index in [1.54, 1.807) is 54.6 Å². The summed E-state index contributed by atoms with van der Waals surface area (Å²) in [6, 6.07) is 36.6. The molecule has 0 saturated heterocycles. The van der Waals surface area contributed by atoms with Gasteiger partial charge in [-0.3, -0.25) is 0 Å². The molecule has 1 radical (unpaired) electrons. The summed E-state index contributed by atoms with van der Waals surface area (Å²) in [6.45, 7) is 2.11. The first kappa shape index (κ1) is 26.8. The molecule has 281 valence electrons. The molecule has 3 nitrogen and oxygen atoms in total. The van der Waals surface area contributed by atoms with E-state index < -0.39 is 38.2 Å². The molecule has 5 aromatic carbocycles. The Hall–Kier alpha value is -4.89. The fourth-order valence-corrected chi connectivity index (χ4v) is 6.78. The van der Waals surface area contributed by atoms with Crippen molar-refractivity contribution in [1.82, 2.24) is 9.97 Å². The Morgan fingerprint density at radius 3 is 2.25 bits per heavy atom. The standard InChI is InChI=1S/C34H30NO.C17H20N.Ir/c1-5-23(6-2)25-15-16-26(21(3)18-25)31-19-32(35-20-22(31)4)30-13-9-12-28-29-17-14-24-10-7-8-11-27(24)33(29)36-34(28)30;1-13-5-8-15(9-6-13)16-10-7-14(12-18-16)11-17(2,3)4;/h7-12,14-20,23H,5-6H2,1-4H3;5-8,10,12H,11H2,1-4H3;/q2*-1;/i3D3,4D3,23D;1D3,11D2;. The van der Waals surface area contributed by atoms with Crippen LogP contribution >= 0.6 is 0 Å². The molecule has 3 aromatic heterocycles. The van der Waals surface area contributed by atoms with Gasteiger partial charge in [0.2, 0.25) is 0 Å². The minimum atomic E-state index is -2.55. The van der Waals surface area contributed by atoms with Gasteiger partial charge in [0.25, 0.3) is 0 Å². The third kappa shape index (κ3) is 8.67. The van der Waals surface area contributed by atoms with Gasteiger partial charge in [-0.05, 0) is 94.4 Å².